The lowest BCUT2D eigenvalue weighted by Gasteiger charge is -2.04. The van der Waals surface area contributed by atoms with Crippen molar-refractivity contribution in [2.45, 2.75) is 25.7 Å². The van der Waals surface area contributed by atoms with Crippen molar-refractivity contribution in [3.05, 3.63) is 50.5 Å². The summed E-state index contributed by atoms with van der Waals surface area (Å²) in [6, 6.07) is 5.08. The number of thiophene rings is 1. The zero-order valence-corrected chi connectivity index (χ0v) is 16.0. The molecule has 3 aromatic rings. The molecule has 0 aliphatic heterocycles. The SMILES string of the molecule is Cc1cc(S(=O)(=O)Nc2nc(-c3ccc(F)c(F)c3)c(C)s2)c(C)s1. The third-order valence-electron chi connectivity index (χ3n) is 3.50. The van der Waals surface area contributed by atoms with Crippen LogP contribution in [0.1, 0.15) is 14.6 Å². The zero-order chi connectivity index (χ0) is 18.4. The Kier molecular flexibility index (Phi) is 4.65. The lowest BCUT2D eigenvalue weighted by atomic mass is 10.1. The predicted octanol–water partition coefficient (Wildman–Crippen LogP) is 4.88. The first-order valence-electron chi connectivity index (χ1n) is 7.20. The van der Waals surface area contributed by atoms with E-state index in [0.717, 1.165) is 28.3 Å². The normalized spacial score (nSPS) is 11.7. The van der Waals surface area contributed by atoms with E-state index in [1.165, 1.54) is 17.4 Å². The zero-order valence-electron chi connectivity index (χ0n) is 13.6. The minimum Gasteiger partial charge on any atom is -0.255 e. The summed E-state index contributed by atoms with van der Waals surface area (Å²) in [6.07, 6.45) is 0. The molecule has 2 heterocycles. The van der Waals surface area contributed by atoms with Crippen LogP contribution in [0.5, 0.6) is 0 Å². The van der Waals surface area contributed by atoms with Gasteiger partial charge in [0.25, 0.3) is 10.0 Å². The van der Waals surface area contributed by atoms with Crippen LogP contribution in [0.25, 0.3) is 11.3 Å². The van der Waals surface area contributed by atoms with Crippen LogP contribution in [0.3, 0.4) is 0 Å². The maximum absolute atomic E-state index is 13.4. The van der Waals surface area contributed by atoms with Crippen molar-refractivity contribution < 1.29 is 17.2 Å². The number of nitrogens with one attached hydrogen (secondary N) is 1. The van der Waals surface area contributed by atoms with Gasteiger partial charge in [0.05, 0.1) is 5.69 Å². The van der Waals surface area contributed by atoms with Crippen LogP contribution in [-0.2, 0) is 10.0 Å². The molecule has 0 radical (unpaired) electrons. The predicted molar refractivity (Wildman–Crippen MR) is 96.8 cm³/mol. The molecule has 0 fully saturated rings. The smallest absolute Gasteiger partial charge is 0.255 e. The molecule has 0 aliphatic carbocycles. The Hall–Kier alpha value is -1.84. The highest BCUT2D eigenvalue weighted by molar-refractivity contribution is 7.93. The highest BCUT2D eigenvalue weighted by Gasteiger charge is 2.22. The van der Waals surface area contributed by atoms with Crippen molar-refractivity contribution in [2.24, 2.45) is 0 Å². The number of thiazole rings is 1. The van der Waals surface area contributed by atoms with Crippen LogP contribution in [-0.4, -0.2) is 13.4 Å². The van der Waals surface area contributed by atoms with E-state index in [2.05, 4.69) is 9.71 Å². The standard InChI is InChI=1S/C16H14F2N2O2S3/c1-8-6-14(9(2)23-8)25(21,22)20-16-19-15(10(3)24-16)11-4-5-12(17)13(18)7-11/h4-7H,1-3H3,(H,19,20). The monoisotopic (exact) mass is 400 g/mol. The van der Waals surface area contributed by atoms with Gasteiger partial charge in [-0.1, -0.05) is 0 Å². The average Bonchev–Trinajstić information content (AvgIpc) is 3.04. The van der Waals surface area contributed by atoms with Gasteiger partial charge in [-0.25, -0.2) is 22.2 Å². The van der Waals surface area contributed by atoms with Gasteiger partial charge in [-0.15, -0.1) is 22.7 Å². The minimum atomic E-state index is -3.75. The molecule has 0 unspecified atom stereocenters. The molecule has 0 amide bonds. The first-order chi connectivity index (χ1) is 11.7. The molecule has 0 bridgehead atoms. The Balaban J connectivity index is 1.95. The molecular weight excluding hydrogens is 386 g/mol. The maximum Gasteiger partial charge on any atom is 0.264 e. The molecule has 25 heavy (non-hydrogen) atoms. The summed E-state index contributed by atoms with van der Waals surface area (Å²) in [5, 5.41) is 0.181. The molecular formula is C16H14F2N2O2S3. The number of benzene rings is 1. The summed E-state index contributed by atoms with van der Waals surface area (Å²) < 4.78 is 54.1. The number of nitrogens with zero attached hydrogens (tertiary/aromatic N) is 1. The van der Waals surface area contributed by atoms with Gasteiger partial charge in [0.15, 0.2) is 16.8 Å². The van der Waals surface area contributed by atoms with Crippen molar-refractivity contribution in [2.75, 3.05) is 4.72 Å². The number of aryl methyl sites for hydroxylation is 3. The molecule has 1 N–H and O–H groups in total. The molecule has 0 aliphatic rings. The fourth-order valence-corrected chi connectivity index (χ4v) is 6.02. The van der Waals surface area contributed by atoms with Gasteiger partial charge < -0.3 is 0 Å². The van der Waals surface area contributed by atoms with Crippen LogP contribution >= 0.6 is 22.7 Å². The van der Waals surface area contributed by atoms with Gasteiger partial charge in [0.1, 0.15) is 4.90 Å². The minimum absolute atomic E-state index is 0.181. The van der Waals surface area contributed by atoms with Crippen LogP contribution in [0.2, 0.25) is 0 Å². The summed E-state index contributed by atoms with van der Waals surface area (Å²) in [5.74, 6) is -1.92. The molecule has 9 heteroatoms. The molecule has 0 saturated carbocycles. The second-order valence-electron chi connectivity index (χ2n) is 5.44. The summed E-state index contributed by atoms with van der Waals surface area (Å²) in [4.78, 5) is 6.75. The Bertz CT molecular complexity index is 1060. The summed E-state index contributed by atoms with van der Waals surface area (Å²) in [5.41, 5.74) is 0.806. The second kappa shape index (κ2) is 6.47. The lowest BCUT2D eigenvalue weighted by Crippen LogP contribution is -2.12. The number of anilines is 1. The number of halogens is 2. The van der Waals surface area contributed by atoms with E-state index in [1.54, 1.807) is 19.9 Å². The Labute approximate surface area is 152 Å². The van der Waals surface area contributed by atoms with Gasteiger partial charge in [0.2, 0.25) is 0 Å². The van der Waals surface area contributed by atoms with Crippen molar-refractivity contribution in [3.8, 4) is 11.3 Å². The fourth-order valence-electron chi connectivity index (χ4n) is 2.40. The quantitative estimate of drug-likeness (QED) is 0.679. The lowest BCUT2D eigenvalue weighted by molar-refractivity contribution is 0.509. The van der Waals surface area contributed by atoms with Gasteiger partial charge in [0, 0.05) is 20.2 Å². The number of hydrogen-bond donors (Lipinski definition) is 1. The first-order valence-corrected chi connectivity index (χ1v) is 10.3. The van der Waals surface area contributed by atoms with Crippen LogP contribution in [0.15, 0.2) is 29.2 Å². The van der Waals surface area contributed by atoms with E-state index < -0.39 is 21.7 Å². The number of aromatic nitrogens is 1. The van der Waals surface area contributed by atoms with E-state index in [9.17, 15) is 17.2 Å². The van der Waals surface area contributed by atoms with E-state index in [1.807, 2.05) is 6.92 Å². The molecule has 4 nitrogen and oxygen atoms in total. The molecule has 132 valence electrons. The Morgan fingerprint density at radius 1 is 1.00 bits per heavy atom. The van der Waals surface area contributed by atoms with Crippen molar-refractivity contribution in [1.29, 1.82) is 0 Å². The summed E-state index contributed by atoms with van der Waals surface area (Å²) in [7, 11) is -3.75. The van der Waals surface area contributed by atoms with E-state index in [-0.39, 0.29) is 10.0 Å². The van der Waals surface area contributed by atoms with Crippen molar-refractivity contribution >= 4 is 37.8 Å². The third-order valence-corrected chi connectivity index (χ3v) is 7.07. The Morgan fingerprint density at radius 3 is 2.32 bits per heavy atom. The number of sulfonamides is 1. The topological polar surface area (TPSA) is 59.1 Å². The van der Waals surface area contributed by atoms with E-state index >= 15 is 0 Å². The first kappa shape index (κ1) is 18.0. The summed E-state index contributed by atoms with van der Waals surface area (Å²) >= 11 is 2.54. The average molecular weight is 400 g/mol. The highest BCUT2D eigenvalue weighted by atomic mass is 32.2. The number of hydrogen-bond acceptors (Lipinski definition) is 5. The maximum atomic E-state index is 13.4. The van der Waals surface area contributed by atoms with Crippen molar-refractivity contribution in [3.63, 3.8) is 0 Å². The number of rotatable bonds is 4. The molecule has 0 spiro atoms. The highest BCUT2D eigenvalue weighted by Crippen LogP contribution is 2.33. The van der Waals surface area contributed by atoms with Gasteiger partial charge >= 0.3 is 0 Å². The van der Waals surface area contributed by atoms with Crippen molar-refractivity contribution in [1.82, 2.24) is 4.98 Å². The van der Waals surface area contributed by atoms with Crippen LogP contribution in [0.4, 0.5) is 13.9 Å². The Morgan fingerprint density at radius 2 is 1.72 bits per heavy atom. The second-order valence-corrected chi connectivity index (χ2v) is 9.75. The molecule has 0 saturated heterocycles. The third kappa shape index (κ3) is 3.58. The molecule has 2 aromatic heterocycles. The molecule has 1 aromatic carbocycles. The van der Waals surface area contributed by atoms with Gasteiger partial charge in [-0.2, -0.15) is 0 Å². The van der Waals surface area contributed by atoms with Crippen LogP contribution < -0.4 is 4.72 Å². The van der Waals surface area contributed by atoms with E-state index in [4.69, 9.17) is 0 Å². The van der Waals surface area contributed by atoms with E-state index in [0.29, 0.717) is 21.0 Å². The molecule has 3 rings (SSSR count). The molecule has 0 atom stereocenters. The van der Waals surface area contributed by atoms with Gasteiger partial charge in [-0.3, -0.25) is 4.72 Å². The van der Waals surface area contributed by atoms with Crippen LogP contribution in [0, 0.1) is 32.4 Å². The fraction of sp³-hybridized carbons (Fsp3) is 0.188. The largest absolute Gasteiger partial charge is 0.264 e. The summed E-state index contributed by atoms with van der Waals surface area (Å²) in [6.45, 7) is 5.32. The van der Waals surface area contributed by atoms with Gasteiger partial charge in [-0.05, 0) is 45.0 Å².